The quantitative estimate of drug-likeness (QED) is 0.806. The highest BCUT2D eigenvalue weighted by Gasteiger charge is 2.08. The van der Waals surface area contributed by atoms with Crippen LogP contribution in [0.3, 0.4) is 0 Å². The SMILES string of the molecule is CNS(=O)(=O)Cc1cccc(OC)c1. The predicted octanol–water partition coefficient (Wildman–Crippen LogP) is 0.744. The molecule has 78 valence electrons. The van der Waals surface area contributed by atoms with Crippen molar-refractivity contribution < 1.29 is 13.2 Å². The smallest absolute Gasteiger partial charge is 0.215 e. The van der Waals surface area contributed by atoms with Gasteiger partial charge in [0, 0.05) is 0 Å². The minimum atomic E-state index is -3.20. The minimum Gasteiger partial charge on any atom is -0.497 e. The summed E-state index contributed by atoms with van der Waals surface area (Å²) in [5.41, 5.74) is 0.707. The number of nitrogens with one attached hydrogen (secondary N) is 1. The number of ether oxygens (including phenoxy) is 1. The average Bonchev–Trinajstić information content (AvgIpc) is 2.17. The summed E-state index contributed by atoms with van der Waals surface area (Å²) in [6, 6.07) is 6.99. The summed E-state index contributed by atoms with van der Waals surface area (Å²) < 4.78 is 29.7. The Balaban J connectivity index is 2.87. The number of sulfonamides is 1. The van der Waals surface area contributed by atoms with Gasteiger partial charge in [0.25, 0.3) is 0 Å². The third-order valence-corrected chi connectivity index (χ3v) is 3.14. The van der Waals surface area contributed by atoms with E-state index in [1.165, 1.54) is 7.05 Å². The Morgan fingerprint density at radius 3 is 2.71 bits per heavy atom. The first-order chi connectivity index (χ1) is 6.57. The summed E-state index contributed by atoms with van der Waals surface area (Å²) in [6.07, 6.45) is 0. The van der Waals surface area contributed by atoms with E-state index in [2.05, 4.69) is 4.72 Å². The lowest BCUT2D eigenvalue weighted by atomic mass is 10.2. The second kappa shape index (κ2) is 4.43. The molecule has 0 aliphatic carbocycles. The molecule has 4 nitrogen and oxygen atoms in total. The van der Waals surface area contributed by atoms with Crippen LogP contribution in [0.5, 0.6) is 5.75 Å². The van der Waals surface area contributed by atoms with E-state index in [1.54, 1.807) is 31.4 Å². The van der Waals surface area contributed by atoms with Crippen LogP contribution in [0.4, 0.5) is 0 Å². The molecule has 0 atom stereocenters. The van der Waals surface area contributed by atoms with Gasteiger partial charge in [-0.2, -0.15) is 0 Å². The van der Waals surface area contributed by atoms with Gasteiger partial charge in [0.05, 0.1) is 12.9 Å². The van der Waals surface area contributed by atoms with Crippen molar-refractivity contribution in [2.24, 2.45) is 0 Å². The Bertz CT molecular complexity index is 400. The Morgan fingerprint density at radius 1 is 1.43 bits per heavy atom. The van der Waals surface area contributed by atoms with E-state index >= 15 is 0 Å². The van der Waals surface area contributed by atoms with Crippen molar-refractivity contribution in [3.63, 3.8) is 0 Å². The van der Waals surface area contributed by atoms with Gasteiger partial charge in [-0.3, -0.25) is 0 Å². The van der Waals surface area contributed by atoms with E-state index < -0.39 is 10.0 Å². The lowest BCUT2D eigenvalue weighted by Crippen LogP contribution is -2.20. The molecule has 1 aromatic carbocycles. The summed E-state index contributed by atoms with van der Waals surface area (Å²) in [5.74, 6) is 0.634. The molecule has 0 amide bonds. The molecule has 0 unspecified atom stereocenters. The molecule has 0 spiro atoms. The van der Waals surface area contributed by atoms with Crippen molar-refractivity contribution in [1.29, 1.82) is 0 Å². The molecule has 0 aliphatic heterocycles. The zero-order valence-corrected chi connectivity index (χ0v) is 8.97. The number of hydrogen-bond donors (Lipinski definition) is 1. The third-order valence-electron chi connectivity index (χ3n) is 1.80. The fourth-order valence-electron chi connectivity index (χ4n) is 1.05. The van der Waals surface area contributed by atoms with Crippen LogP contribution in [0.1, 0.15) is 5.56 Å². The van der Waals surface area contributed by atoms with Gasteiger partial charge in [-0.25, -0.2) is 13.1 Å². The molecule has 0 radical (unpaired) electrons. The molecule has 0 fully saturated rings. The second-order valence-electron chi connectivity index (χ2n) is 2.81. The van der Waals surface area contributed by atoms with Gasteiger partial charge in [0.2, 0.25) is 10.0 Å². The maximum Gasteiger partial charge on any atom is 0.215 e. The molecule has 14 heavy (non-hydrogen) atoms. The highest BCUT2D eigenvalue weighted by molar-refractivity contribution is 7.88. The standard InChI is InChI=1S/C9H13NO3S/c1-10-14(11,12)7-8-4-3-5-9(6-8)13-2/h3-6,10H,7H2,1-2H3. The number of rotatable bonds is 4. The summed E-state index contributed by atoms with van der Waals surface area (Å²) in [4.78, 5) is 0. The third kappa shape index (κ3) is 3.01. The highest BCUT2D eigenvalue weighted by atomic mass is 32.2. The van der Waals surface area contributed by atoms with E-state index in [0.717, 1.165) is 0 Å². The fourth-order valence-corrected chi connectivity index (χ4v) is 1.82. The summed E-state index contributed by atoms with van der Waals surface area (Å²) >= 11 is 0. The van der Waals surface area contributed by atoms with Crippen LogP contribution in [0.15, 0.2) is 24.3 Å². The van der Waals surface area contributed by atoms with E-state index in [-0.39, 0.29) is 5.75 Å². The summed E-state index contributed by atoms with van der Waals surface area (Å²) in [7, 11) is -0.257. The first-order valence-corrected chi connectivity index (χ1v) is 5.77. The Morgan fingerprint density at radius 2 is 2.14 bits per heavy atom. The Hall–Kier alpha value is -1.07. The minimum absolute atomic E-state index is 0.0271. The van der Waals surface area contributed by atoms with Crippen LogP contribution < -0.4 is 9.46 Å². The molecule has 1 aromatic rings. The molecule has 5 heteroatoms. The van der Waals surface area contributed by atoms with Crippen molar-refractivity contribution in [3.8, 4) is 5.75 Å². The summed E-state index contributed by atoms with van der Waals surface area (Å²) in [5, 5.41) is 0. The van der Waals surface area contributed by atoms with Crippen molar-refractivity contribution in [1.82, 2.24) is 4.72 Å². The zero-order chi connectivity index (χ0) is 10.6. The van der Waals surface area contributed by atoms with Crippen molar-refractivity contribution >= 4 is 10.0 Å². The predicted molar refractivity (Wildman–Crippen MR) is 54.7 cm³/mol. The molecule has 0 aliphatic rings. The van der Waals surface area contributed by atoms with Crippen LogP contribution in [-0.4, -0.2) is 22.6 Å². The molecule has 0 heterocycles. The highest BCUT2D eigenvalue weighted by Crippen LogP contribution is 2.14. The van der Waals surface area contributed by atoms with Crippen molar-refractivity contribution in [3.05, 3.63) is 29.8 Å². The molecular weight excluding hydrogens is 202 g/mol. The van der Waals surface area contributed by atoms with E-state index in [0.29, 0.717) is 11.3 Å². The number of methoxy groups -OCH3 is 1. The largest absolute Gasteiger partial charge is 0.497 e. The molecule has 0 saturated carbocycles. The normalized spacial score (nSPS) is 11.3. The van der Waals surface area contributed by atoms with Crippen LogP contribution >= 0.6 is 0 Å². The van der Waals surface area contributed by atoms with Crippen molar-refractivity contribution in [2.75, 3.05) is 14.2 Å². The van der Waals surface area contributed by atoms with Gasteiger partial charge < -0.3 is 4.74 Å². The molecule has 0 aromatic heterocycles. The second-order valence-corrected chi connectivity index (χ2v) is 4.74. The zero-order valence-electron chi connectivity index (χ0n) is 8.15. The first-order valence-electron chi connectivity index (χ1n) is 4.11. The maximum absolute atomic E-state index is 11.2. The van der Waals surface area contributed by atoms with Crippen LogP contribution in [0.2, 0.25) is 0 Å². The summed E-state index contributed by atoms with van der Waals surface area (Å²) in [6.45, 7) is 0. The van der Waals surface area contributed by atoms with Gasteiger partial charge in [-0.1, -0.05) is 12.1 Å². The Labute approximate surface area is 84.0 Å². The molecule has 1 rings (SSSR count). The first kappa shape index (κ1) is 11.0. The molecular formula is C9H13NO3S. The van der Waals surface area contributed by atoms with Crippen LogP contribution in [-0.2, 0) is 15.8 Å². The fraction of sp³-hybridized carbons (Fsp3) is 0.333. The maximum atomic E-state index is 11.2. The van der Waals surface area contributed by atoms with Gasteiger partial charge >= 0.3 is 0 Å². The van der Waals surface area contributed by atoms with Gasteiger partial charge in [0.15, 0.2) is 0 Å². The van der Waals surface area contributed by atoms with Crippen LogP contribution in [0, 0.1) is 0 Å². The number of hydrogen-bond acceptors (Lipinski definition) is 3. The molecule has 1 N–H and O–H groups in total. The van der Waals surface area contributed by atoms with E-state index in [4.69, 9.17) is 4.74 Å². The average molecular weight is 215 g/mol. The van der Waals surface area contributed by atoms with E-state index in [1.807, 2.05) is 0 Å². The van der Waals surface area contributed by atoms with Crippen LogP contribution in [0.25, 0.3) is 0 Å². The lowest BCUT2D eigenvalue weighted by Gasteiger charge is -2.04. The molecule has 0 bridgehead atoms. The molecule has 0 saturated heterocycles. The van der Waals surface area contributed by atoms with Gasteiger partial charge in [-0.05, 0) is 24.7 Å². The van der Waals surface area contributed by atoms with Gasteiger partial charge in [0.1, 0.15) is 5.75 Å². The monoisotopic (exact) mass is 215 g/mol. The number of benzene rings is 1. The topological polar surface area (TPSA) is 55.4 Å². The Kier molecular flexibility index (Phi) is 3.49. The van der Waals surface area contributed by atoms with Gasteiger partial charge in [-0.15, -0.1) is 0 Å². The van der Waals surface area contributed by atoms with Crippen molar-refractivity contribution in [2.45, 2.75) is 5.75 Å². The lowest BCUT2D eigenvalue weighted by molar-refractivity contribution is 0.414. The van der Waals surface area contributed by atoms with E-state index in [9.17, 15) is 8.42 Å².